The highest BCUT2D eigenvalue weighted by atomic mass is 35.5. The summed E-state index contributed by atoms with van der Waals surface area (Å²) in [5.74, 6) is 1.40. The first-order chi connectivity index (χ1) is 10.3. The molecule has 3 fully saturated rings. The fourth-order valence-corrected chi connectivity index (χ4v) is 4.61. The van der Waals surface area contributed by atoms with Crippen LogP contribution in [0, 0.1) is 17.8 Å². The molecular weight excluding hydrogens is 300 g/mol. The number of ether oxygens (including phenoxy) is 1. The molecule has 4 unspecified atom stereocenters. The summed E-state index contributed by atoms with van der Waals surface area (Å²) < 4.78 is 5.88. The van der Waals surface area contributed by atoms with Gasteiger partial charge in [-0.05, 0) is 50.4 Å². The van der Waals surface area contributed by atoms with Crippen LogP contribution >= 0.6 is 12.4 Å². The highest BCUT2D eigenvalue weighted by Gasteiger charge is 2.48. The molecule has 3 aliphatic rings. The van der Waals surface area contributed by atoms with Crippen LogP contribution in [0.2, 0.25) is 0 Å². The molecular formula is C17H31ClN2O2. The number of carbonyl (C=O) groups excluding carboxylic acids is 1. The number of hydrogen-bond donors (Lipinski definition) is 2. The maximum absolute atomic E-state index is 12.3. The van der Waals surface area contributed by atoms with Gasteiger partial charge in [0.2, 0.25) is 5.91 Å². The molecule has 0 aliphatic heterocycles. The largest absolute Gasteiger partial charge is 0.378 e. The van der Waals surface area contributed by atoms with Crippen molar-refractivity contribution >= 4 is 18.3 Å². The molecule has 4 atom stereocenters. The molecule has 3 aliphatic carbocycles. The van der Waals surface area contributed by atoms with Crippen LogP contribution in [0.4, 0.5) is 0 Å². The lowest BCUT2D eigenvalue weighted by atomic mass is 9.84. The zero-order chi connectivity index (χ0) is 14.7. The normalized spacial score (nSPS) is 34.4. The summed E-state index contributed by atoms with van der Waals surface area (Å²) in [7, 11) is 0. The summed E-state index contributed by atoms with van der Waals surface area (Å²) >= 11 is 0. The van der Waals surface area contributed by atoms with E-state index in [1.54, 1.807) is 0 Å². The lowest BCUT2D eigenvalue weighted by molar-refractivity contribution is -0.127. The van der Waals surface area contributed by atoms with Crippen LogP contribution in [-0.2, 0) is 9.53 Å². The minimum Gasteiger partial charge on any atom is -0.378 e. The smallest absolute Gasteiger partial charge is 0.224 e. The highest BCUT2D eigenvalue weighted by molar-refractivity contribution is 5.85. The number of carbonyl (C=O) groups is 1. The summed E-state index contributed by atoms with van der Waals surface area (Å²) in [6, 6.07) is 0.0993. The summed E-state index contributed by atoms with van der Waals surface area (Å²) in [6.07, 6.45) is 11.4. The Balaban J connectivity index is 0.00000176. The van der Waals surface area contributed by atoms with Gasteiger partial charge in [0.15, 0.2) is 0 Å². The number of hydrogen-bond acceptors (Lipinski definition) is 3. The number of nitrogens with one attached hydrogen (secondary N) is 1. The van der Waals surface area contributed by atoms with Crippen molar-refractivity contribution < 1.29 is 9.53 Å². The molecule has 5 heteroatoms. The van der Waals surface area contributed by atoms with Crippen molar-refractivity contribution in [1.29, 1.82) is 0 Å². The summed E-state index contributed by atoms with van der Waals surface area (Å²) in [5.41, 5.74) is 6.21. The van der Waals surface area contributed by atoms with Gasteiger partial charge in [0.05, 0.1) is 12.0 Å². The third kappa shape index (κ3) is 4.15. The number of amides is 1. The molecule has 0 saturated heterocycles. The van der Waals surface area contributed by atoms with Gasteiger partial charge in [0, 0.05) is 19.2 Å². The quantitative estimate of drug-likeness (QED) is 0.736. The van der Waals surface area contributed by atoms with Gasteiger partial charge in [-0.1, -0.05) is 19.3 Å². The topological polar surface area (TPSA) is 64.4 Å². The SMILES string of the molecule is Cl.NC1C2CCC(C2)C1C(=O)NCCCOC1CCCCC1. The van der Waals surface area contributed by atoms with Gasteiger partial charge < -0.3 is 15.8 Å². The number of nitrogens with two attached hydrogens (primary N) is 1. The molecule has 2 bridgehead atoms. The Morgan fingerprint density at radius 1 is 1.09 bits per heavy atom. The van der Waals surface area contributed by atoms with Crippen LogP contribution in [0.5, 0.6) is 0 Å². The second kappa shape index (κ2) is 8.51. The lowest BCUT2D eigenvalue weighted by Crippen LogP contribution is -2.45. The predicted octanol–water partition coefficient (Wildman–Crippen LogP) is 2.64. The third-order valence-corrected chi connectivity index (χ3v) is 5.81. The Bertz CT molecular complexity index is 359. The first-order valence-electron chi connectivity index (χ1n) is 8.90. The van der Waals surface area contributed by atoms with Crippen molar-refractivity contribution in [2.75, 3.05) is 13.2 Å². The number of fused-ring (bicyclic) bond motifs is 2. The van der Waals surface area contributed by atoms with Crippen molar-refractivity contribution in [2.45, 2.75) is 69.9 Å². The van der Waals surface area contributed by atoms with E-state index in [-0.39, 0.29) is 30.3 Å². The van der Waals surface area contributed by atoms with Gasteiger partial charge in [0.1, 0.15) is 0 Å². The maximum Gasteiger partial charge on any atom is 0.224 e. The number of rotatable bonds is 6. The Morgan fingerprint density at radius 2 is 1.82 bits per heavy atom. The fourth-order valence-electron chi connectivity index (χ4n) is 4.61. The molecule has 128 valence electrons. The van der Waals surface area contributed by atoms with Crippen LogP contribution < -0.4 is 11.1 Å². The minimum absolute atomic E-state index is 0. The zero-order valence-corrected chi connectivity index (χ0v) is 14.3. The standard InChI is InChI=1S/C17H30N2O2.ClH/c18-16-13-8-7-12(11-13)15(16)17(20)19-9-4-10-21-14-5-2-1-3-6-14;/h12-16H,1-11,18H2,(H,19,20);1H. The van der Waals surface area contributed by atoms with E-state index in [0.29, 0.717) is 17.9 Å². The summed E-state index contributed by atoms with van der Waals surface area (Å²) in [5, 5.41) is 3.08. The van der Waals surface area contributed by atoms with E-state index in [9.17, 15) is 4.79 Å². The molecule has 0 aromatic carbocycles. The minimum atomic E-state index is 0. The Morgan fingerprint density at radius 3 is 2.50 bits per heavy atom. The molecule has 3 N–H and O–H groups in total. The fraction of sp³-hybridized carbons (Fsp3) is 0.941. The van der Waals surface area contributed by atoms with Crippen LogP contribution in [0.3, 0.4) is 0 Å². The molecule has 0 spiro atoms. The van der Waals surface area contributed by atoms with E-state index in [1.165, 1.54) is 51.4 Å². The monoisotopic (exact) mass is 330 g/mol. The average Bonchev–Trinajstić information content (AvgIpc) is 3.08. The van der Waals surface area contributed by atoms with Gasteiger partial charge in [0.25, 0.3) is 0 Å². The third-order valence-electron chi connectivity index (χ3n) is 5.81. The molecule has 4 nitrogen and oxygen atoms in total. The lowest BCUT2D eigenvalue weighted by Gasteiger charge is -2.27. The van der Waals surface area contributed by atoms with E-state index in [1.807, 2.05) is 0 Å². The Labute approximate surface area is 140 Å². The van der Waals surface area contributed by atoms with Crippen LogP contribution in [0.1, 0.15) is 57.8 Å². The van der Waals surface area contributed by atoms with Crippen molar-refractivity contribution in [1.82, 2.24) is 5.32 Å². The van der Waals surface area contributed by atoms with Gasteiger partial charge >= 0.3 is 0 Å². The van der Waals surface area contributed by atoms with Crippen molar-refractivity contribution in [3.8, 4) is 0 Å². The van der Waals surface area contributed by atoms with E-state index in [0.717, 1.165) is 19.6 Å². The van der Waals surface area contributed by atoms with Crippen LogP contribution in [0.25, 0.3) is 0 Å². The van der Waals surface area contributed by atoms with E-state index < -0.39 is 0 Å². The molecule has 3 rings (SSSR count). The maximum atomic E-state index is 12.3. The van der Waals surface area contributed by atoms with Crippen molar-refractivity contribution in [2.24, 2.45) is 23.5 Å². The van der Waals surface area contributed by atoms with Crippen LogP contribution in [-0.4, -0.2) is 31.2 Å². The van der Waals surface area contributed by atoms with Gasteiger partial charge in [-0.25, -0.2) is 0 Å². The molecule has 1 amide bonds. The van der Waals surface area contributed by atoms with E-state index in [2.05, 4.69) is 5.32 Å². The highest BCUT2D eigenvalue weighted by Crippen LogP contribution is 2.47. The van der Waals surface area contributed by atoms with E-state index in [4.69, 9.17) is 10.5 Å². The van der Waals surface area contributed by atoms with E-state index >= 15 is 0 Å². The second-order valence-electron chi connectivity index (χ2n) is 7.21. The van der Waals surface area contributed by atoms with Crippen LogP contribution in [0.15, 0.2) is 0 Å². The average molecular weight is 331 g/mol. The summed E-state index contributed by atoms with van der Waals surface area (Å²) in [6.45, 7) is 1.50. The molecule has 3 saturated carbocycles. The van der Waals surface area contributed by atoms with Crippen molar-refractivity contribution in [3.63, 3.8) is 0 Å². The molecule has 22 heavy (non-hydrogen) atoms. The molecule has 0 radical (unpaired) electrons. The molecule has 0 heterocycles. The zero-order valence-electron chi connectivity index (χ0n) is 13.5. The first-order valence-corrected chi connectivity index (χ1v) is 8.90. The Hall–Kier alpha value is -0.320. The number of halogens is 1. The van der Waals surface area contributed by atoms with Gasteiger partial charge in [-0.3, -0.25) is 4.79 Å². The predicted molar refractivity (Wildman–Crippen MR) is 90.0 cm³/mol. The van der Waals surface area contributed by atoms with Gasteiger partial charge in [-0.15, -0.1) is 12.4 Å². The Kier molecular flexibility index (Phi) is 6.97. The van der Waals surface area contributed by atoms with Crippen molar-refractivity contribution in [3.05, 3.63) is 0 Å². The molecule has 0 aromatic heterocycles. The second-order valence-corrected chi connectivity index (χ2v) is 7.21. The van der Waals surface area contributed by atoms with Gasteiger partial charge in [-0.2, -0.15) is 0 Å². The molecule has 0 aromatic rings. The summed E-state index contributed by atoms with van der Waals surface area (Å²) in [4.78, 5) is 12.3. The first kappa shape index (κ1) is 18.0.